The maximum atomic E-state index is 14.0. The van der Waals surface area contributed by atoms with Gasteiger partial charge in [-0.15, -0.1) is 0 Å². The van der Waals surface area contributed by atoms with Gasteiger partial charge in [0.15, 0.2) is 0 Å². The number of aromatic amines is 1. The summed E-state index contributed by atoms with van der Waals surface area (Å²) in [5, 5.41) is 5.29. The molecule has 0 fully saturated rings. The zero-order valence-electron chi connectivity index (χ0n) is 19.7. The third kappa shape index (κ3) is 6.07. The fourth-order valence-electron chi connectivity index (χ4n) is 3.54. The monoisotopic (exact) mass is 540 g/mol. The Kier molecular flexibility index (Phi) is 8.65. The van der Waals surface area contributed by atoms with Gasteiger partial charge in [0, 0.05) is 29.9 Å². The van der Waals surface area contributed by atoms with Crippen molar-refractivity contribution in [3.63, 3.8) is 0 Å². The number of benzene rings is 2. The minimum absolute atomic E-state index is 0.00926. The molecule has 0 aliphatic rings. The van der Waals surface area contributed by atoms with E-state index in [4.69, 9.17) is 5.73 Å². The van der Waals surface area contributed by atoms with Crippen LogP contribution in [0.2, 0.25) is 0 Å². The van der Waals surface area contributed by atoms with E-state index in [0.29, 0.717) is 5.56 Å². The molecule has 1 heterocycles. The van der Waals surface area contributed by atoms with Crippen LogP contribution >= 0.6 is 0 Å². The highest BCUT2D eigenvalue weighted by Gasteiger charge is 2.33. The van der Waals surface area contributed by atoms with Crippen LogP contribution in [0.15, 0.2) is 30.5 Å². The molecule has 3 aromatic rings. The van der Waals surface area contributed by atoms with Crippen LogP contribution in [0.3, 0.4) is 0 Å². The lowest BCUT2D eigenvalue weighted by Crippen LogP contribution is -2.54. The Bertz CT molecular complexity index is 1380. The van der Waals surface area contributed by atoms with Crippen LogP contribution in [-0.2, 0) is 25.6 Å². The van der Waals surface area contributed by atoms with Gasteiger partial charge in [0.05, 0.1) is 6.42 Å². The second-order valence-electron chi connectivity index (χ2n) is 8.09. The average Bonchev–Trinajstić information content (AvgIpc) is 3.30. The number of primary amides is 1. The van der Waals surface area contributed by atoms with E-state index in [-0.39, 0.29) is 12.8 Å². The molecule has 38 heavy (non-hydrogen) atoms. The molecule has 2 aromatic carbocycles. The van der Waals surface area contributed by atoms with Crippen LogP contribution in [0, 0.1) is 29.1 Å². The summed E-state index contributed by atoms with van der Waals surface area (Å²) in [7, 11) is 0. The Morgan fingerprint density at radius 3 is 2.13 bits per heavy atom. The molecule has 0 spiro atoms. The van der Waals surface area contributed by atoms with Gasteiger partial charge in [-0.05, 0) is 11.6 Å². The number of halogens is 5. The average molecular weight is 540 g/mol. The van der Waals surface area contributed by atoms with Crippen LogP contribution in [-0.4, -0.2) is 40.8 Å². The van der Waals surface area contributed by atoms with Gasteiger partial charge in [0.25, 0.3) is 0 Å². The molecule has 3 rings (SSSR count). The van der Waals surface area contributed by atoms with Crippen LogP contribution in [0.5, 0.6) is 5.75 Å². The zero-order valence-corrected chi connectivity index (χ0v) is 19.7. The van der Waals surface area contributed by atoms with Crippen molar-refractivity contribution >= 4 is 34.6 Å². The van der Waals surface area contributed by atoms with Crippen molar-refractivity contribution in [1.29, 1.82) is 0 Å². The molecule has 5 N–H and O–H groups in total. The van der Waals surface area contributed by atoms with Crippen molar-refractivity contribution in [3.8, 4) is 5.75 Å². The molecule has 0 saturated heterocycles. The van der Waals surface area contributed by atoms with Crippen molar-refractivity contribution < 1.29 is 45.9 Å². The SMILES string of the molecule is CCC(=O)N[C@H](Cc1c[nH]c2ccccc12)C(=O)N[C@@H](CC(N)=O)C(=O)Oc1c(F)c(F)c(F)c(F)c1F. The Hall–Kier alpha value is -4.49. The Balaban J connectivity index is 1.87. The molecule has 0 aliphatic carbocycles. The number of amides is 3. The number of ether oxygens (including phenoxy) is 1. The largest absolute Gasteiger partial charge is 0.418 e. The normalized spacial score (nSPS) is 12.6. The highest BCUT2D eigenvalue weighted by atomic mass is 19.2. The third-order valence-corrected chi connectivity index (χ3v) is 5.45. The Labute approximate surface area is 211 Å². The summed E-state index contributed by atoms with van der Waals surface area (Å²) < 4.78 is 72.6. The number of hydrogen-bond donors (Lipinski definition) is 4. The van der Waals surface area contributed by atoms with Gasteiger partial charge in [-0.3, -0.25) is 14.4 Å². The molecule has 0 saturated carbocycles. The summed E-state index contributed by atoms with van der Waals surface area (Å²) in [5.74, 6) is -18.5. The molecular formula is C24H21F5N4O5. The van der Waals surface area contributed by atoms with Gasteiger partial charge in [-0.2, -0.15) is 8.78 Å². The van der Waals surface area contributed by atoms with E-state index in [1.807, 2.05) is 0 Å². The van der Waals surface area contributed by atoms with Crippen molar-refractivity contribution in [2.75, 3.05) is 0 Å². The molecule has 0 unspecified atom stereocenters. The minimum atomic E-state index is -2.48. The number of nitrogens with one attached hydrogen (secondary N) is 3. The molecule has 9 nitrogen and oxygen atoms in total. The van der Waals surface area contributed by atoms with E-state index in [1.54, 1.807) is 30.5 Å². The van der Waals surface area contributed by atoms with E-state index >= 15 is 0 Å². The predicted octanol–water partition coefficient (Wildman–Crippen LogP) is 2.27. The van der Waals surface area contributed by atoms with Gasteiger partial charge < -0.3 is 26.1 Å². The number of esters is 1. The number of para-hydroxylation sites is 1. The number of fused-ring (bicyclic) bond motifs is 1. The highest BCUT2D eigenvalue weighted by molar-refractivity contribution is 5.94. The van der Waals surface area contributed by atoms with Crippen molar-refractivity contribution in [2.45, 2.75) is 38.3 Å². The molecule has 0 radical (unpaired) electrons. The molecule has 1 aromatic heterocycles. The first-order valence-electron chi connectivity index (χ1n) is 11.1. The fourth-order valence-corrected chi connectivity index (χ4v) is 3.54. The summed E-state index contributed by atoms with van der Waals surface area (Å²) >= 11 is 0. The van der Waals surface area contributed by atoms with E-state index in [1.165, 1.54) is 6.92 Å². The van der Waals surface area contributed by atoms with E-state index in [9.17, 15) is 41.1 Å². The van der Waals surface area contributed by atoms with Crippen LogP contribution in [0.4, 0.5) is 22.0 Å². The second-order valence-corrected chi connectivity index (χ2v) is 8.09. The zero-order chi connectivity index (χ0) is 28.1. The first-order chi connectivity index (χ1) is 17.9. The summed E-state index contributed by atoms with van der Waals surface area (Å²) in [6.07, 6.45) is 0.547. The number of aromatic nitrogens is 1. The summed E-state index contributed by atoms with van der Waals surface area (Å²) in [5.41, 5.74) is 6.43. The van der Waals surface area contributed by atoms with Crippen LogP contribution in [0.1, 0.15) is 25.3 Å². The summed E-state index contributed by atoms with van der Waals surface area (Å²) in [6.45, 7) is 1.52. The molecule has 0 bridgehead atoms. The molecule has 202 valence electrons. The molecule has 3 amide bonds. The lowest BCUT2D eigenvalue weighted by atomic mass is 10.0. The number of nitrogens with two attached hydrogens (primary N) is 1. The minimum Gasteiger partial charge on any atom is -0.418 e. The fraction of sp³-hybridized carbons (Fsp3) is 0.250. The standard InChI is InChI=1S/C24H21F5N4O5/c1-2-16(35)32-13(7-10-9-31-12-6-4-3-5-11(10)12)23(36)33-14(8-15(30)34)24(37)38-22-20(28)18(26)17(25)19(27)21(22)29/h3-6,9,13-14,31H,2,7-8H2,1H3,(H2,30,34)(H,32,35)(H,33,36)/t13-,14+/m1/s1. The number of hydrogen-bond acceptors (Lipinski definition) is 5. The topological polar surface area (TPSA) is 143 Å². The van der Waals surface area contributed by atoms with E-state index in [2.05, 4.69) is 20.4 Å². The lowest BCUT2D eigenvalue weighted by molar-refractivity contribution is -0.142. The maximum Gasteiger partial charge on any atom is 0.334 e. The molecule has 0 aliphatic heterocycles. The third-order valence-electron chi connectivity index (χ3n) is 5.45. The number of H-pyrrole nitrogens is 1. The Morgan fingerprint density at radius 1 is 0.921 bits per heavy atom. The van der Waals surface area contributed by atoms with Crippen LogP contribution < -0.4 is 21.1 Å². The first kappa shape index (κ1) is 28.1. The number of carbonyl (C=O) groups is 4. The van der Waals surface area contributed by atoms with Gasteiger partial charge in [0.2, 0.25) is 52.6 Å². The van der Waals surface area contributed by atoms with Crippen molar-refractivity contribution in [1.82, 2.24) is 15.6 Å². The van der Waals surface area contributed by atoms with Gasteiger partial charge in [-0.1, -0.05) is 25.1 Å². The second kappa shape index (κ2) is 11.7. The smallest absolute Gasteiger partial charge is 0.334 e. The predicted molar refractivity (Wildman–Crippen MR) is 122 cm³/mol. The highest BCUT2D eigenvalue weighted by Crippen LogP contribution is 2.29. The quantitative estimate of drug-likeness (QED) is 0.103. The number of carbonyl (C=O) groups excluding carboxylic acids is 4. The van der Waals surface area contributed by atoms with Gasteiger partial charge >= 0.3 is 5.97 Å². The van der Waals surface area contributed by atoms with Crippen molar-refractivity contribution in [3.05, 3.63) is 65.1 Å². The van der Waals surface area contributed by atoms with Crippen molar-refractivity contribution in [2.24, 2.45) is 5.73 Å². The van der Waals surface area contributed by atoms with Gasteiger partial charge in [0.1, 0.15) is 12.1 Å². The number of rotatable bonds is 10. The van der Waals surface area contributed by atoms with Gasteiger partial charge in [-0.25, -0.2) is 18.0 Å². The summed E-state index contributed by atoms with van der Waals surface area (Å²) in [6, 6.07) is 3.75. The van der Waals surface area contributed by atoms with E-state index in [0.717, 1.165) is 10.9 Å². The first-order valence-corrected chi connectivity index (χ1v) is 11.1. The maximum absolute atomic E-state index is 14.0. The summed E-state index contributed by atoms with van der Waals surface area (Å²) in [4.78, 5) is 52.2. The molecule has 14 heteroatoms. The van der Waals surface area contributed by atoms with E-state index < -0.39 is 77.0 Å². The van der Waals surface area contributed by atoms with Crippen LogP contribution in [0.25, 0.3) is 10.9 Å². The Morgan fingerprint density at radius 2 is 1.53 bits per heavy atom. The lowest BCUT2D eigenvalue weighted by Gasteiger charge is -2.22. The molecule has 2 atom stereocenters. The molecular weight excluding hydrogens is 519 g/mol.